The second-order valence-electron chi connectivity index (χ2n) is 8.85. The molecule has 2 unspecified atom stereocenters. The second kappa shape index (κ2) is 9.68. The monoisotopic (exact) mass is 487 g/mol. The molecule has 0 N–H and O–H groups in total. The van der Waals surface area contributed by atoms with Crippen LogP contribution in [0.25, 0.3) is 0 Å². The summed E-state index contributed by atoms with van der Waals surface area (Å²) in [4.78, 5) is 39.7. The van der Waals surface area contributed by atoms with Gasteiger partial charge in [0.25, 0.3) is 0 Å². The topological polar surface area (TPSA) is 63.7 Å². The SMILES string of the molecule is Cc1cc(C)c(C2C(=O)CC(CC3CCN(C(=O)OCC(Cl)(Cl)Cl)CC3)C2=O)c(C)c1. The molecule has 1 amide bonds. The number of ether oxygens (including phenoxy) is 1. The maximum atomic E-state index is 13.2. The van der Waals surface area contributed by atoms with Gasteiger partial charge in [-0.05, 0) is 62.6 Å². The van der Waals surface area contributed by atoms with E-state index in [1.165, 1.54) is 0 Å². The van der Waals surface area contributed by atoms with Crippen LogP contribution in [0.4, 0.5) is 4.79 Å². The van der Waals surface area contributed by atoms with E-state index < -0.39 is 15.8 Å². The van der Waals surface area contributed by atoms with Crippen LogP contribution in [-0.4, -0.2) is 46.0 Å². The first-order valence-electron chi connectivity index (χ1n) is 10.6. The molecule has 1 aliphatic carbocycles. The van der Waals surface area contributed by atoms with Crippen molar-refractivity contribution < 1.29 is 19.1 Å². The van der Waals surface area contributed by atoms with Crippen molar-refractivity contribution in [2.45, 2.75) is 56.2 Å². The summed E-state index contributed by atoms with van der Waals surface area (Å²) in [6, 6.07) is 4.07. The minimum atomic E-state index is -1.63. The Hall–Kier alpha value is -1.30. The van der Waals surface area contributed by atoms with Gasteiger partial charge in [-0.25, -0.2) is 4.79 Å². The number of ketones is 2. The van der Waals surface area contributed by atoms with Gasteiger partial charge in [0, 0.05) is 25.4 Å². The van der Waals surface area contributed by atoms with Gasteiger partial charge in [-0.15, -0.1) is 0 Å². The Bertz CT molecular complexity index is 849. The Morgan fingerprint density at radius 1 is 1.10 bits per heavy atom. The van der Waals surface area contributed by atoms with Gasteiger partial charge in [0.2, 0.25) is 3.79 Å². The summed E-state index contributed by atoms with van der Waals surface area (Å²) in [6.45, 7) is 6.72. The maximum absolute atomic E-state index is 13.2. The van der Waals surface area contributed by atoms with Gasteiger partial charge in [-0.3, -0.25) is 9.59 Å². The van der Waals surface area contributed by atoms with Crippen molar-refractivity contribution in [1.82, 2.24) is 4.90 Å². The number of amides is 1. The molecule has 2 atom stereocenters. The third-order valence-corrected chi connectivity index (χ3v) is 6.66. The molecule has 2 aliphatic rings. The van der Waals surface area contributed by atoms with Crippen LogP contribution in [0.15, 0.2) is 12.1 Å². The number of likely N-dealkylation sites (tertiary alicyclic amines) is 1. The van der Waals surface area contributed by atoms with Crippen molar-refractivity contribution in [2.75, 3.05) is 19.7 Å². The van der Waals surface area contributed by atoms with Crippen LogP contribution in [0, 0.1) is 32.6 Å². The Morgan fingerprint density at radius 2 is 1.68 bits per heavy atom. The molecule has 3 rings (SSSR count). The van der Waals surface area contributed by atoms with Gasteiger partial charge in [-0.1, -0.05) is 52.5 Å². The second-order valence-corrected chi connectivity index (χ2v) is 11.4. The fourth-order valence-corrected chi connectivity index (χ4v) is 5.16. The normalized spacial score (nSPS) is 22.8. The number of hydrogen-bond donors (Lipinski definition) is 0. The summed E-state index contributed by atoms with van der Waals surface area (Å²) in [5, 5.41) is 0. The third kappa shape index (κ3) is 5.94. The van der Waals surface area contributed by atoms with Gasteiger partial charge in [-0.2, -0.15) is 0 Å². The molecule has 1 aromatic carbocycles. The van der Waals surface area contributed by atoms with Gasteiger partial charge >= 0.3 is 6.09 Å². The van der Waals surface area contributed by atoms with Crippen molar-refractivity contribution >= 4 is 52.5 Å². The van der Waals surface area contributed by atoms with E-state index in [2.05, 4.69) is 0 Å². The molecule has 31 heavy (non-hydrogen) atoms. The Morgan fingerprint density at radius 3 is 2.23 bits per heavy atom. The number of aryl methyl sites for hydroxylation is 3. The number of hydrogen-bond acceptors (Lipinski definition) is 4. The first kappa shape index (κ1) is 24.3. The third-order valence-electron chi connectivity index (χ3n) is 6.33. The van der Waals surface area contributed by atoms with Crippen LogP contribution in [0.5, 0.6) is 0 Å². The molecule has 0 radical (unpaired) electrons. The summed E-state index contributed by atoms with van der Waals surface area (Å²) in [5.41, 5.74) is 4.03. The first-order chi connectivity index (χ1) is 14.5. The van der Waals surface area contributed by atoms with Crippen LogP contribution < -0.4 is 0 Å². The number of rotatable bonds is 4. The molecule has 1 saturated heterocycles. The van der Waals surface area contributed by atoms with E-state index in [1.807, 2.05) is 32.9 Å². The van der Waals surface area contributed by atoms with Crippen LogP contribution in [0.3, 0.4) is 0 Å². The van der Waals surface area contributed by atoms with E-state index in [0.717, 1.165) is 35.1 Å². The number of carbonyl (C=O) groups is 3. The van der Waals surface area contributed by atoms with E-state index in [-0.39, 0.29) is 30.0 Å². The van der Waals surface area contributed by atoms with Crippen molar-refractivity contribution in [2.24, 2.45) is 11.8 Å². The molecular weight excluding hydrogens is 461 g/mol. The molecule has 170 valence electrons. The fourth-order valence-electron chi connectivity index (χ4n) is 4.99. The molecule has 1 heterocycles. The smallest absolute Gasteiger partial charge is 0.409 e. The molecule has 0 bridgehead atoms. The highest BCUT2D eigenvalue weighted by Crippen LogP contribution is 2.40. The van der Waals surface area contributed by atoms with Crippen LogP contribution in [-0.2, 0) is 14.3 Å². The summed E-state index contributed by atoms with van der Waals surface area (Å²) in [6.07, 6.45) is 2.01. The number of halogens is 3. The number of Topliss-reactive ketones (excluding diaryl/α,β-unsaturated/α-hetero) is 2. The average Bonchev–Trinajstić information content (AvgIpc) is 2.93. The molecule has 1 aliphatic heterocycles. The summed E-state index contributed by atoms with van der Waals surface area (Å²) >= 11 is 16.9. The van der Waals surface area contributed by atoms with E-state index in [0.29, 0.717) is 25.9 Å². The first-order valence-corrected chi connectivity index (χ1v) is 11.7. The number of alkyl halides is 3. The fraction of sp³-hybridized carbons (Fsp3) is 0.609. The lowest BCUT2D eigenvalue weighted by Crippen LogP contribution is -2.40. The minimum absolute atomic E-state index is 0.0257. The predicted molar refractivity (Wildman–Crippen MR) is 122 cm³/mol. The molecule has 1 saturated carbocycles. The van der Waals surface area contributed by atoms with Crippen molar-refractivity contribution in [3.8, 4) is 0 Å². The zero-order valence-corrected chi connectivity index (χ0v) is 20.3. The summed E-state index contributed by atoms with van der Waals surface area (Å²) in [5.74, 6) is -0.520. The molecule has 1 aromatic rings. The van der Waals surface area contributed by atoms with Crippen molar-refractivity contribution in [1.29, 1.82) is 0 Å². The highest BCUT2D eigenvalue weighted by atomic mass is 35.6. The van der Waals surface area contributed by atoms with Crippen LogP contribution in [0.2, 0.25) is 0 Å². The van der Waals surface area contributed by atoms with Gasteiger partial charge in [0.15, 0.2) is 5.78 Å². The zero-order valence-electron chi connectivity index (χ0n) is 18.1. The maximum Gasteiger partial charge on any atom is 0.409 e. The minimum Gasteiger partial charge on any atom is -0.445 e. The van der Waals surface area contributed by atoms with E-state index >= 15 is 0 Å². The Labute approximate surface area is 198 Å². The molecule has 0 aromatic heterocycles. The summed E-state index contributed by atoms with van der Waals surface area (Å²) in [7, 11) is 0. The lowest BCUT2D eigenvalue weighted by atomic mass is 9.83. The lowest BCUT2D eigenvalue weighted by molar-refractivity contribution is -0.125. The number of carbonyl (C=O) groups excluding carboxylic acids is 3. The Kier molecular flexibility index (Phi) is 7.60. The quantitative estimate of drug-likeness (QED) is 0.417. The standard InChI is InChI=1S/C23H28Cl3NO4/c1-13-8-14(2)19(15(3)9-13)20-18(28)11-17(21(20)29)10-16-4-6-27(7-5-16)22(30)31-12-23(24,25)26/h8-9,16-17,20H,4-7,10-12H2,1-3H3. The van der Waals surface area contributed by atoms with Crippen molar-refractivity contribution in [3.05, 3.63) is 34.4 Å². The van der Waals surface area contributed by atoms with Gasteiger partial charge < -0.3 is 9.64 Å². The lowest BCUT2D eigenvalue weighted by Gasteiger charge is -2.32. The number of piperidine rings is 1. The Balaban J connectivity index is 1.57. The zero-order chi connectivity index (χ0) is 22.9. The molecule has 0 spiro atoms. The molecular formula is C23H28Cl3NO4. The predicted octanol–water partition coefficient (Wildman–Crippen LogP) is 5.46. The van der Waals surface area contributed by atoms with E-state index in [1.54, 1.807) is 4.90 Å². The number of benzene rings is 1. The highest BCUT2D eigenvalue weighted by Gasteiger charge is 2.44. The highest BCUT2D eigenvalue weighted by molar-refractivity contribution is 6.67. The number of nitrogens with zero attached hydrogens (tertiary/aromatic N) is 1. The van der Waals surface area contributed by atoms with Crippen LogP contribution in [0.1, 0.15) is 53.9 Å². The van der Waals surface area contributed by atoms with E-state index in [9.17, 15) is 14.4 Å². The average molecular weight is 489 g/mol. The summed E-state index contributed by atoms with van der Waals surface area (Å²) < 4.78 is 3.40. The van der Waals surface area contributed by atoms with E-state index in [4.69, 9.17) is 39.5 Å². The largest absolute Gasteiger partial charge is 0.445 e. The van der Waals surface area contributed by atoms with Gasteiger partial charge in [0.05, 0.1) is 0 Å². The molecule has 5 nitrogen and oxygen atoms in total. The van der Waals surface area contributed by atoms with Crippen LogP contribution >= 0.6 is 34.8 Å². The molecule has 8 heteroatoms. The molecule has 2 fully saturated rings. The van der Waals surface area contributed by atoms with Gasteiger partial charge in [0.1, 0.15) is 18.3 Å². The van der Waals surface area contributed by atoms with Crippen molar-refractivity contribution in [3.63, 3.8) is 0 Å².